The summed E-state index contributed by atoms with van der Waals surface area (Å²) in [6.07, 6.45) is 0.567. The van der Waals surface area contributed by atoms with Crippen molar-refractivity contribution in [1.29, 1.82) is 0 Å². The topological polar surface area (TPSA) is 110 Å². The number of nitrogens with zero attached hydrogens (tertiary/aromatic N) is 3. The molecule has 32 heavy (non-hydrogen) atoms. The fraction of sp³-hybridized carbons (Fsp3) is 0.714. The minimum atomic E-state index is -4.62. The zero-order valence-electron chi connectivity index (χ0n) is 17.5. The summed E-state index contributed by atoms with van der Waals surface area (Å²) in [4.78, 5) is 33.3. The van der Waals surface area contributed by atoms with Crippen molar-refractivity contribution in [2.45, 2.75) is 56.8 Å². The van der Waals surface area contributed by atoms with Gasteiger partial charge in [0.15, 0.2) is 0 Å². The molecule has 8 nitrogen and oxygen atoms in total. The van der Waals surface area contributed by atoms with Crippen molar-refractivity contribution in [3.63, 3.8) is 0 Å². The van der Waals surface area contributed by atoms with Crippen LogP contribution in [0.15, 0.2) is 12.3 Å². The van der Waals surface area contributed by atoms with Crippen molar-refractivity contribution in [3.8, 4) is 0 Å². The van der Waals surface area contributed by atoms with Gasteiger partial charge in [-0.1, -0.05) is 0 Å². The number of primary amides is 1. The molecule has 0 spiro atoms. The first-order chi connectivity index (χ1) is 15.1. The highest BCUT2D eigenvalue weighted by Crippen LogP contribution is 2.60. The van der Waals surface area contributed by atoms with Crippen molar-refractivity contribution >= 4 is 17.8 Å². The number of hydrogen-bond donors (Lipinski definition) is 2. The van der Waals surface area contributed by atoms with E-state index >= 15 is 0 Å². The maximum atomic E-state index is 12.8. The van der Waals surface area contributed by atoms with E-state index in [0.29, 0.717) is 38.3 Å². The standard InChI is InChI=1S/C21H26F3N5O3/c22-21(23,24)18-26-3-1-15(28-18)27-14-2-4-29(10-14)19(31)32-16-12-5-11-6-13(16)9-20(7-11,8-12)17(25)30/h1,3,11-14,16H,2,4-10H2,(H2,25,30)(H,26,27,28)/t11?,12-,13-,14?,16?,20?/m1/s1. The highest BCUT2D eigenvalue weighted by atomic mass is 19.4. The van der Waals surface area contributed by atoms with Crippen molar-refractivity contribution in [2.75, 3.05) is 18.4 Å². The molecule has 1 saturated heterocycles. The molecule has 11 heteroatoms. The van der Waals surface area contributed by atoms with Crippen LogP contribution in [0.25, 0.3) is 0 Å². The number of nitrogens with one attached hydrogen (secondary N) is 1. The van der Waals surface area contributed by atoms with Gasteiger partial charge in [-0.25, -0.2) is 14.8 Å². The average molecular weight is 453 g/mol. The Morgan fingerprint density at radius 3 is 2.59 bits per heavy atom. The molecule has 1 aromatic rings. The molecule has 4 saturated carbocycles. The van der Waals surface area contributed by atoms with Gasteiger partial charge in [-0.05, 0) is 62.3 Å². The number of likely N-dealkylation sites (tertiary alicyclic amines) is 1. The minimum Gasteiger partial charge on any atom is -0.446 e. The summed E-state index contributed by atoms with van der Waals surface area (Å²) < 4.78 is 44.4. The van der Waals surface area contributed by atoms with E-state index in [1.54, 1.807) is 4.90 Å². The van der Waals surface area contributed by atoms with Gasteiger partial charge in [-0.2, -0.15) is 13.2 Å². The van der Waals surface area contributed by atoms with Crippen LogP contribution in [0.3, 0.4) is 0 Å². The summed E-state index contributed by atoms with van der Waals surface area (Å²) >= 11 is 0. The second-order valence-electron chi connectivity index (χ2n) is 9.80. The third-order valence-corrected chi connectivity index (χ3v) is 7.65. The third kappa shape index (κ3) is 3.75. The van der Waals surface area contributed by atoms with Crippen LogP contribution in [0, 0.1) is 23.2 Å². The summed E-state index contributed by atoms with van der Waals surface area (Å²) in [7, 11) is 0. The molecule has 5 aliphatic rings. The minimum absolute atomic E-state index is 0.0744. The first-order valence-corrected chi connectivity index (χ1v) is 11.1. The Bertz CT molecular complexity index is 910. The molecule has 1 aromatic heterocycles. The lowest BCUT2D eigenvalue weighted by Crippen LogP contribution is -2.59. The summed E-state index contributed by atoms with van der Waals surface area (Å²) in [5, 5.41) is 2.96. The van der Waals surface area contributed by atoms with Gasteiger partial charge in [0, 0.05) is 25.3 Å². The maximum absolute atomic E-state index is 12.8. The van der Waals surface area contributed by atoms with Crippen LogP contribution in [0.4, 0.5) is 23.8 Å². The molecule has 4 aliphatic carbocycles. The summed E-state index contributed by atoms with van der Waals surface area (Å²) in [6, 6.07) is 1.15. The zero-order chi connectivity index (χ0) is 22.7. The fourth-order valence-electron chi connectivity index (χ4n) is 6.49. The number of ether oxygens (including phenoxy) is 1. The summed E-state index contributed by atoms with van der Waals surface area (Å²) in [5.41, 5.74) is 5.28. The van der Waals surface area contributed by atoms with Gasteiger partial charge in [0.05, 0.1) is 5.41 Å². The van der Waals surface area contributed by atoms with Crippen LogP contribution < -0.4 is 11.1 Å². The number of hydrogen-bond acceptors (Lipinski definition) is 6. The van der Waals surface area contributed by atoms with Gasteiger partial charge >= 0.3 is 12.3 Å². The maximum Gasteiger partial charge on any atom is 0.451 e. The molecule has 1 aliphatic heterocycles. The molecular weight excluding hydrogens is 427 g/mol. The summed E-state index contributed by atoms with van der Waals surface area (Å²) in [5.74, 6) is -0.553. The number of carbonyl (C=O) groups is 2. The van der Waals surface area contributed by atoms with Crippen molar-refractivity contribution in [3.05, 3.63) is 18.1 Å². The lowest BCUT2D eigenvalue weighted by molar-refractivity contribution is -0.161. The van der Waals surface area contributed by atoms with E-state index in [-0.39, 0.29) is 35.7 Å². The third-order valence-electron chi connectivity index (χ3n) is 7.65. The normalized spacial score (nSPS) is 35.7. The number of anilines is 1. The Kier molecular flexibility index (Phi) is 4.97. The number of carbonyl (C=O) groups excluding carboxylic acids is 2. The van der Waals surface area contributed by atoms with E-state index < -0.39 is 23.5 Å². The van der Waals surface area contributed by atoms with Gasteiger partial charge in [-0.15, -0.1) is 0 Å². The number of amides is 2. The van der Waals surface area contributed by atoms with Crippen LogP contribution in [-0.2, 0) is 15.7 Å². The number of aromatic nitrogens is 2. The van der Waals surface area contributed by atoms with Crippen molar-refractivity contribution in [2.24, 2.45) is 28.9 Å². The van der Waals surface area contributed by atoms with Crippen molar-refractivity contribution in [1.82, 2.24) is 14.9 Å². The zero-order valence-corrected chi connectivity index (χ0v) is 17.5. The predicted molar refractivity (Wildman–Crippen MR) is 106 cm³/mol. The Hall–Kier alpha value is -2.59. The molecule has 6 rings (SSSR count). The summed E-state index contributed by atoms with van der Waals surface area (Å²) in [6.45, 7) is 0.768. The number of rotatable bonds is 4. The van der Waals surface area contributed by atoms with Crippen LogP contribution >= 0.6 is 0 Å². The fourth-order valence-corrected chi connectivity index (χ4v) is 6.49. The van der Waals surface area contributed by atoms with E-state index in [1.807, 2.05) is 0 Å². The van der Waals surface area contributed by atoms with E-state index in [2.05, 4.69) is 15.3 Å². The highest BCUT2D eigenvalue weighted by molar-refractivity contribution is 5.81. The second kappa shape index (κ2) is 7.48. The molecule has 4 bridgehead atoms. The quantitative estimate of drug-likeness (QED) is 0.726. The first-order valence-electron chi connectivity index (χ1n) is 11.1. The number of alkyl halides is 3. The Morgan fingerprint density at radius 2 is 1.94 bits per heavy atom. The van der Waals surface area contributed by atoms with Gasteiger partial charge in [0.2, 0.25) is 11.7 Å². The van der Waals surface area contributed by atoms with Gasteiger partial charge in [0.1, 0.15) is 11.9 Å². The number of nitrogens with two attached hydrogens (primary N) is 1. The molecule has 2 heterocycles. The van der Waals surface area contributed by atoms with E-state index in [1.165, 1.54) is 6.07 Å². The second-order valence-corrected chi connectivity index (χ2v) is 9.80. The lowest BCUT2D eigenvalue weighted by atomic mass is 9.48. The van der Waals surface area contributed by atoms with Crippen LogP contribution in [-0.4, -0.2) is 52.1 Å². The molecule has 0 aromatic carbocycles. The van der Waals surface area contributed by atoms with Crippen LogP contribution in [0.1, 0.15) is 44.3 Å². The molecule has 3 atom stereocenters. The van der Waals surface area contributed by atoms with Gasteiger partial charge in [-0.3, -0.25) is 4.79 Å². The van der Waals surface area contributed by atoms with Crippen LogP contribution in [0.5, 0.6) is 0 Å². The highest BCUT2D eigenvalue weighted by Gasteiger charge is 2.59. The average Bonchev–Trinajstić information content (AvgIpc) is 3.18. The van der Waals surface area contributed by atoms with Gasteiger partial charge < -0.3 is 20.7 Å². The van der Waals surface area contributed by atoms with E-state index in [9.17, 15) is 22.8 Å². The van der Waals surface area contributed by atoms with Gasteiger partial charge in [0.25, 0.3) is 0 Å². The SMILES string of the molecule is NC(=O)C12CC3C[C@H](C1)C(OC(=O)N1CCC(Nc4ccnc(C(F)(F)F)n4)C1)[C@H](C3)C2. The van der Waals surface area contributed by atoms with E-state index in [0.717, 1.165) is 25.5 Å². The molecule has 2 amide bonds. The molecule has 3 N–H and O–H groups in total. The molecular formula is C21H26F3N5O3. The van der Waals surface area contributed by atoms with E-state index in [4.69, 9.17) is 10.5 Å². The molecule has 5 fully saturated rings. The van der Waals surface area contributed by atoms with Crippen molar-refractivity contribution < 1.29 is 27.5 Å². The first kappa shape index (κ1) is 21.3. The number of halogens is 3. The monoisotopic (exact) mass is 453 g/mol. The Labute approximate surface area is 183 Å². The Morgan fingerprint density at radius 1 is 1.22 bits per heavy atom. The Balaban J connectivity index is 1.18. The smallest absolute Gasteiger partial charge is 0.446 e. The largest absolute Gasteiger partial charge is 0.451 e. The molecule has 174 valence electrons. The molecule has 0 radical (unpaired) electrons. The predicted octanol–water partition coefficient (Wildman–Crippen LogP) is 2.80. The van der Waals surface area contributed by atoms with Crippen LogP contribution in [0.2, 0.25) is 0 Å². The lowest BCUT2D eigenvalue weighted by Gasteiger charge is -2.58. The molecule has 1 unspecified atom stereocenters.